The van der Waals surface area contributed by atoms with Crippen molar-refractivity contribution < 1.29 is 9.59 Å². The molecule has 0 radical (unpaired) electrons. The van der Waals surface area contributed by atoms with Gasteiger partial charge in [-0.2, -0.15) is 0 Å². The SMILES string of the molecule is NC(=O)NCCCCC(=O)NC(Cc1ccccc1)c1ccccc1. The first-order chi connectivity index (χ1) is 12.1. The van der Waals surface area contributed by atoms with Crippen molar-refractivity contribution in [2.75, 3.05) is 6.54 Å². The molecule has 1 unspecified atom stereocenters. The summed E-state index contributed by atoms with van der Waals surface area (Å²) in [4.78, 5) is 22.9. The maximum absolute atomic E-state index is 12.3. The van der Waals surface area contributed by atoms with E-state index in [4.69, 9.17) is 5.73 Å². The van der Waals surface area contributed by atoms with Crippen LogP contribution in [0.1, 0.15) is 36.4 Å². The molecule has 4 N–H and O–H groups in total. The van der Waals surface area contributed by atoms with Gasteiger partial charge in [-0.1, -0.05) is 60.7 Å². The van der Waals surface area contributed by atoms with Crippen molar-refractivity contribution in [2.45, 2.75) is 31.7 Å². The predicted octanol–water partition coefficient (Wildman–Crippen LogP) is 2.93. The third-order valence-corrected chi connectivity index (χ3v) is 3.95. The number of nitrogens with one attached hydrogen (secondary N) is 2. The lowest BCUT2D eigenvalue weighted by molar-refractivity contribution is -0.121. The summed E-state index contributed by atoms with van der Waals surface area (Å²) < 4.78 is 0. The zero-order chi connectivity index (χ0) is 17.9. The second-order valence-electron chi connectivity index (χ2n) is 5.97. The van der Waals surface area contributed by atoms with Crippen LogP contribution in [0.2, 0.25) is 0 Å². The van der Waals surface area contributed by atoms with E-state index in [0.29, 0.717) is 19.4 Å². The number of primary amides is 1. The molecule has 0 bridgehead atoms. The number of unbranched alkanes of at least 4 members (excludes halogenated alkanes) is 1. The van der Waals surface area contributed by atoms with Gasteiger partial charge in [0.25, 0.3) is 0 Å². The van der Waals surface area contributed by atoms with Gasteiger partial charge in [0.05, 0.1) is 6.04 Å². The van der Waals surface area contributed by atoms with Gasteiger partial charge in [0.2, 0.25) is 5.91 Å². The lowest BCUT2D eigenvalue weighted by atomic mass is 9.98. The Hall–Kier alpha value is -2.82. The molecule has 0 fully saturated rings. The number of carbonyl (C=O) groups excluding carboxylic acids is 2. The van der Waals surface area contributed by atoms with E-state index in [0.717, 1.165) is 18.4 Å². The number of hydrogen-bond donors (Lipinski definition) is 3. The number of carbonyl (C=O) groups is 2. The van der Waals surface area contributed by atoms with Crippen molar-refractivity contribution in [1.82, 2.24) is 10.6 Å². The van der Waals surface area contributed by atoms with Gasteiger partial charge in [0.15, 0.2) is 0 Å². The monoisotopic (exact) mass is 339 g/mol. The summed E-state index contributed by atoms with van der Waals surface area (Å²) in [7, 11) is 0. The molecule has 5 heteroatoms. The Morgan fingerprint density at radius 1 is 0.920 bits per heavy atom. The van der Waals surface area contributed by atoms with Gasteiger partial charge in [-0.25, -0.2) is 4.79 Å². The van der Waals surface area contributed by atoms with Crippen LogP contribution in [0.25, 0.3) is 0 Å². The summed E-state index contributed by atoms with van der Waals surface area (Å²) in [6, 6.07) is 19.5. The summed E-state index contributed by atoms with van der Waals surface area (Å²) >= 11 is 0. The Kier molecular flexibility index (Phi) is 7.50. The molecule has 1 atom stereocenters. The van der Waals surface area contributed by atoms with E-state index < -0.39 is 6.03 Å². The maximum Gasteiger partial charge on any atom is 0.312 e. The molecule has 0 aliphatic heterocycles. The molecule has 25 heavy (non-hydrogen) atoms. The molecule has 2 aromatic carbocycles. The van der Waals surface area contributed by atoms with Crippen molar-refractivity contribution >= 4 is 11.9 Å². The molecule has 2 rings (SSSR count). The van der Waals surface area contributed by atoms with Crippen molar-refractivity contribution in [2.24, 2.45) is 5.73 Å². The van der Waals surface area contributed by atoms with Crippen LogP contribution in [-0.2, 0) is 11.2 Å². The number of urea groups is 1. The fourth-order valence-corrected chi connectivity index (χ4v) is 2.68. The molecule has 3 amide bonds. The topological polar surface area (TPSA) is 84.2 Å². The molecule has 0 aliphatic carbocycles. The van der Waals surface area contributed by atoms with E-state index in [1.165, 1.54) is 5.56 Å². The second kappa shape index (κ2) is 10.1. The Balaban J connectivity index is 1.89. The van der Waals surface area contributed by atoms with Crippen LogP contribution in [0.15, 0.2) is 60.7 Å². The molecule has 0 saturated heterocycles. The van der Waals surface area contributed by atoms with E-state index in [1.54, 1.807) is 0 Å². The van der Waals surface area contributed by atoms with Gasteiger partial charge in [0, 0.05) is 13.0 Å². The van der Waals surface area contributed by atoms with Crippen molar-refractivity contribution in [1.29, 1.82) is 0 Å². The molecule has 5 nitrogen and oxygen atoms in total. The smallest absolute Gasteiger partial charge is 0.312 e. The Morgan fingerprint density at radius 2 is 1.56 bits per heavy atom. The zero-order valence-corrected chi connectivity index (χ0v) is 14.3. The minimum Gasteiger partial charge on any atom is -0.352 e. The molecular formula is C20H25N3O2. The van der Waals surface area contributed by atoms with Gasteiger partial charge in [-0.05, 0) is 30.4 Å². The number of benzene rings is 2. The van der Waals surface area contributed by atoms with Crippen LogP contribution >= 0.6 is 0 Å². The lowest BCUT2D eigenvalue weighted by Gasteiger charge is -2.19. The highest BCUT2D eigenvalue weighted by molar-refractivity contribution is 5.76. The van der Waals surface area contributed by atoms with E-state index in [9.17, 15) is 9.59 Å². The molecule has 0 aromatic heterocycles. The first kappa shape index (κ1) is 18.5. The van der Waals surface area contributed by atoms with Gasteiger partial charge < -0.3 is 16.4 Å². The Bertz CT molecular complexity index is 659. The molecule has 2 aromatic rings. The van der Waals surface area contributed by atoms with Crippen LogP contribution in [0.3, 0.4) is 0 Å². The van der Waals surface area contributed by atoms with E-state index in [2.05, 4.69) is 22.8 Å². The Labute approximate surface area is 148 Å². The third-order valence-electron chi connectivity index (χ3n) is 3.95. The molecule has 0 heterocycles. The van der Waals surface area contributed by atoms with Crippen LogP contribution in [-0.4, -0.2) is 18.5 Å². The Morgan fingerprint density at radius 3 is 2.20 bits per heavy atom. The summed E-state index contributed by atoms with van der Waals surface area (Å²) in [5, 5.41) is 5.66. The van der Waals surface area contributed by atoms with E-state index in [1.807, 2.05) is 48.5 Å². The molecular weight excluding hydrogens is 314 g/mol. The van der Waals surface area contributed by atoms with E-state index >= 15 is 0 Å². The summed E-state index contributed by atoms with van der Waals surface area (Å²) in [5.41, 5.74) is 7.28. The quantitative estimate of drug-likeness (QED) is 0.614. The van der Waals surface area contributed by atoms with Crippen LogP contribution in [0.5, 0.6) is 0 Å². The fraction of sp³-hybridized carbons (Fsp3) is 0.300. The summed E-state index contributed by atoms with van der Waals surface area (Å²) in [5.74, 6) is 0.0175. The number of amides is 3. The molecule has 0 aliphatic rings. The fourth-order valence-electron chi connectivity index (χ4n) is 2.68. The standard InChI is InChI=1S/C20H25N3O2/c21-20(25)22-14-8-7-13-19(24)23-18(17-11-5-2-6-12-17)15-16-9-3-1-4-10-16/h1-6,9-12,18H,7-8,13-15H2,(H,23,24)(H3,21,22,25). The van der Waals surface area contributed by atoms with Gasteiger partial charge in [-0.15, -0.1) is 0 Å². The van der Waals surface area contributed by atoms with Crippen molar-refractivity contribution in [3.63, 3.8) is 0 Å². The third kappa shape index (κ3) is 7.08. The minimum absolute atomic E-state index is 0.0175. The molecule has 132 valence electrons. The highest BCUT2D eigenvalue weighted by Crippen LogP contribution is 2.18. The predicted molar refractivity (Wildman–Crippen MR) is 98.9 cm³/mol. The minimum atomic E-state index is -0.531. The van der Waals surface area contributed by atoms with Crippen molar-refractivity contribution in [3.8, 4) is 0 Å². The number of hydrogen-bond acceptors (Lipinski definition) is 2. The van der Waals surface area contributed by atoms with E-state index in [-0.39, 0.29) is 11.9 Å². The lowest BCUT2D eigenvalue weighted by Crippen LogP contribution is -2.31. The second-order valence-corrected chi connectivity index (χ2v) is 5.97. The number of nitrogens with two attached hydrogens (primary N) is 1. The van der Waals surface area contributed by atoms with Gasteiger partial charge in [0.1, 0.15) is 0 Å². The molecule has 0 spiro atoms. The van der Waals surface area contributed by atoms with Gasteiger partial charge in [-0.3, -0.25) is 4.79 Å². The van der Waals surface area contributed by atoms with Crippen LogP contribution in [0.4, 0.5) is 4.79 Å². The summed E-state index contributed by atoms with van der Waals surface area (Å²) in [6.45, 7) is 0.495. The van der Waals surface area contributed by atoms with Crippen LogP contribution in [0, 0.1) is 0 Å². The normalized spacial score (nSPS) is 11.5. The average Bonchev–Trinajstić information content (AvgIpc) is 2.62. The average molecular weight is 339 g/mol. The molecule has 0 saturated carbocycles. The summed E-state index contributed by atoms with van der Waals surface area (Å²) in [6.07, 6.45) is 2.61. The number of rotatable bonds is 9. The van der Waals surface area contributed by atoms with Crippen LogP contribution < -0.4 is 16.4 Å². The zero-order valence-electron chi connectivity index (χ0n) is 14.3. The first-order valence-electron chi connectivity index (χ1n) is 8.56. The highest BCUT2D eigenvalue weighted by atomic mass is 16.2. The van der Waals surface area contributed by atoms with Crippen molar-refractivity contribution in [3.05, 3.63) is 71.8 Å². The first-order valence-corrected chi connectivity index (χ1v) is 8.56. The van der Waals surface area contributed by atoms with Gasteiger partial charge >= 0.3 is 6.03 Å². The maximum atomic E-state index is 12.3. The largest absolute Gasteiger partial charge is 0.352 e. The highest BCUT2D eigenvalue weighted by Gasteiger charge is 2.15.